The first-order valence-electron chi connectivity index (χ1n) is 6.15. The van der Waals surface area contributed by atoms with E-state index < -0.39 is 0 Å². The van der Waals surface area contributed by atoms with Gasteiger partial charge in [0.05, 0.1) is 5.69 Å². The van der Waals surface area contributed by atoms with E-state index in [-0.39, 0.29) is 0 Å². The first-order chi connectivity index (χ1) is 9.42. The molecule has 0 atom stereocenters. The minimum atomic E-state index is 0.871. The lowest BCUT2D eigenvalue weighted by Crippen LogP contribution is -1.80. The molecule has 2 heteroatoms. The Hall–Kier alpha value is -2.61. The number of pyridine rings is 1. The van der Waals surface area contributed by atoms with E-state index in [0.29, 0.717) is 0 Å². The number of aromatic nitrogens is 1. The Balaban J connectivity index is 2.03. The van der Waals surface area contributed by atoms with Crippen LogP contribution in [0.15, 0.2) is 65.2 Å². The van der Waals surface area contributed by atoms with Crippen molar-refractivity contribution < 1.29 is 4.42 Å². The van der Waals surface area contributed by atoms with Crippen LogP contribution < -0.4 is 0 Å². The van der Waals surface area contributed by atoms with Crippen molar-refractivity contribution in [3.8, 4) is 11.3 Å². The lowest BCUT2D eigenvalue weighted by molar-refractivity contribution is 0.669. The number of hydrogen-bond donors (Lipinski definition) is 0. The van der Waals surface area contributed by atoms with Gasteiger partial charge >= 0.3 is 0 Å². The smallest absolute Gasteiger partial charge is 0.136 e. The topological polar surface area (TPSA) is 26.0 Å². The fourth-order valence-electron chi connectivity index (χ4n) is 2.36. The number of hydrogen-bond acceptors (Lipinski definition) is 2. The molecule has 0 aliphatic heterocycles. The summed E-state index contributed by atoms with van der Waals surface area (Å²) in [5, 5.41) is 2.23. The second-order valence-corrected chi connectivity index (χ2v) is 4.45. The van der Waals surface area contributed by atoms with Gasteiger partial charge in [-0.1, -0.05) is 12.1 Å². The number of nitrogens with zero attached hydrogens (tertiary/aromatic N) is 1. The van der Waals surface area contributed by atoms with Crippen LogP contribution >= 0.6 is 0 Å². The Kier molecular flexibility index (Phi) is 2.15. The van der Waals surface area contributed by atoms with Crippen LogP contribution in [0.25, 0.3) is 33.2 Å². The van der Waals surface area contributed by atoms with E-state index in [0.717, 1.165) is 33.2 Å². The molecule has 2 nitrogen and oxygen atoms in total. The zero-order valence-electron chi connectivity index (χ0n) is 10.1. The van der Waals surface area contributed by atoms with E-state index in [1.165, 1.54) is 0 Å². The molecule has 0 N–H and O–H groups in total. The fraction of sp³-hybridized carbons (Fsp3) is 0. The average Bonchev–Trinajstić information content (AvgIpc) is 2.86. The predicted molar refractivity (Wildman–Crippen MR) is 75.8 cm³/mol. The Morgan fingerprint density at radius 1 is 0.947 bits per heavy atom. The molecule has 0 amide bonds. The molecular formula is C17H10NO. The molecule has 2 aromatic carbocycles. The standard InChI is InChI=1S/C17H10NO/c1-2-7-16-13(5-1)14-11-12(8-9-17(14)19-16)15-6-3-4-10-18-15/h1,3-11H. The molecule has 4 rings (SSSR count). The van der Waals surface area contributed by atoms with Crippen LogP contribution in [0.4, 0.5) is 0 Å². The van der Waals surface area contributed by atoms with Crippen LogP contribution in [-0.4, -0.2) is 4.98 Å². The SMILES string of the molecule is [c]1ccc2c(c1)oc1ccc(-c3ccccn3)cc12. The summed E-state index contributed by atoms with van der Waals surface area (Å²) in [6, 6.07) is 20.9. The van der Waals surface area contributed by atoms with Gasteiger partial charge in [-0.05, 0) is 48.5 Å². The minimum absolute atomic E-state index is 0.871. The van der Waals surface area contributed by atoms with Gasteiger partial charge < -0.3 is 4.42 Å². The van der Waals surface area contributed by atoms with Crippen molar-refractivity contribution in [1.29, 1.82) is 0 Å². The molecule has 2 aromatic heterocycles. The molecule has 1 radical (unpaired) electrons. The van der Waals surface area contributed by atoms with Gasteiger partial charge in [-0.2, -0.15) is 0 Å². The molecule has 0 unspecified atom stereocenters. The summed E-state index contributed by atoms with van der Waals surface area (Å²) in [7, 11) is 0. The lowest BCUT2D eigenvalue weighted by Gasteiger charge is -1.99. The fourth-order valence-corrected chi connectivity index (χ4v) is 2.36. The van der Waals surface area contributed by atoms with Crippen LogP contribution in [0.1, 0.15) is 0 Å². The normalized spacial score (nSPS) is 11.2. The summed E-state index contributed by atoms with van der Waals surface area (Å²) in [5.41, 5.74) is 3.84. The van der Waals surface area contributed by atoms with Crippen LogP contribution in [0.5, 0.6) is 0 Å². The summed E-state index contributed by atoms with van der Waals surface area (Å²) in [6.45, 7) is 0. The Morgan fingerprint density at radius 2 is 1.95 bits per heavy atom. The first-order valence-corrected chi connectivity index (χ1v) is 6.15. The van der Waals surface area contributed by atoms with Gasteiger partial charge in [-0.15, -0.1) is 0 Å². The van der Waals surface area contributed by atoms with Gasteiger partial charge in [0.1, 0.15) is 11.2 Å². The van der Waals surface area contributed by atoms with E-state index in [2.05, 4.69) is 17.1 Å². The zero-order chi connectivity index (χ0) is 12.7. The second kappa shape index (κ2) is 3.95. The third kappa shape index (κ3) is 1.61. The Morgan fingerprint density at radius 3 is 2.84 bits per heavy atom. The molecule has 0 saturated carbocycles. The lowest BCUT2D eigenvalue weighted by atomic mass is 10.1. The van der Waals surface area contributed by atoms with Gasteiger partial charge in [-0.3, -0.25) is 4.98 Å². The highest BCUT2D eigenvalue weighted by Crippen LogP contribution is 2.31. The highest BCUT2D eigenvalue weighted by atomic mass is 16.3. The van der Waals surface area contributed by atoms with Crippen molar-refractivity contribution in [1.82, 2.24) is 4.98 Å². The second-order valence-electron chi connectivity index (χ2n) is 4.45. The monoisotopic (exact) mass is 244 g/mol. The summed E-state index contributed by atoms with van der Waals surface area (Å²) in [5.74, 6) is 0. The Labute approximate surface area is 110 Å². The van der Waals surface area contributed by atoms with Crippen molar-refractivity contribution in [3.05, 3.63) is 66.9 Å². The zero-order valence-corrected chi connectivity index (χ0v) is 10.1. The molecule has 0 bridgehead atoms. The molecule has 0 spiro atoms. The van der Waals surface area contributed by atoms with Gasteiger partial charge in [0, 0.05) is 22.5 Å². The number of benzene rings is 2. The van der Waals surface area contributed by atoms with Crippen molar-refractivity contribution in [2.45, 2.75) is 0 Å². The van der Waals surface area contributed by atoms with Crippen LogP contribution in [0.3, 0.4) is 0 Å². The van der Waals surface area contributed by atoms with E-state index >= 15 is 0 Å². The van der Waals surface area contributed by atoms with Crippen molar-refractivity contribution in [2.75, 3.05) is 0 Å². The van der Waals surface area contributed by atoms with Crippen molar-refractivity contribution in [2.24, 2.45) is 0 Å². The third-order valence-corrected chi connectivity index (χ3v) is 3.28. The maximum Gasteiger partial charge on any atom is 0.136 e. The predicted octanol–water partition coefficient (Wildman–Crippen LogP) is 4.45. The van der Waals surface area contributed by atoms with Gasteiger partial charge in [0.15, 0.2) is 0 Å². The third-order valence-electron chi connectivity index (χ3n) is 3.28. The maximum absolute atomic E-state index is 5.79. The first kappa shape index (κ1) is 10.3. The minimum Gasteiger partial charge on any atom is -0.456 e. The summed E-state index contributed by atoms with van der Waals surface area (Å²) < 4.78 is 5.79. The van der Waals surface area contributed by atoms with E-state index in [1.54, 1.807) is 0 Å². The molecule has 4 aromatic rings. The van der Waals surface area contributed by atoms with Crippen LogP contribution in [-0.2, 0) is 0 Å². The van der Waals surface area contributed by atoms with Gasteiger partial charge in [0.2, 0.25) is 0 Å². The molecule has 2 heterocycles. The average molecular weight is 244 g/mol. The number of furan rings is 1. The van der Waals surface area contributed by atoms with Gasteiger partial charge in [0.25, 0.3) is 0 Å². The maximum atomic E-state index is 5.79. The summed E-state index contributed by atoms with van der Waals surface area (Å²) in [4.78, 5) is 4.38. The molecule has 0 aliphatic carbocycles. The molecule has 0 aliphatic rings. The molecule has 89 valence electrons. The van der Waals surface area contributed by atoms with E-state index in [1.807, 2.05) is 54.7 Å². The quantitative estimate of drug-likeness (QED) is 0.494. The molecular weight excluding hydrogens is 234 g/mol. The van der Waals surface area contributed by atoms with E-state index in [4.69, 9.17) is 4.42 Å². The van der Waals surface area contributed by atoms with Crippen LogP contribution in [0.2, 0.25) is 0 Å². The Bertz CT molecular complexity index is 862. The highest BCUT2D eigenvalue weighted by molar-refractivity contribution is 6.06. The van der Waals surface area contributed by atoms with Gasteiger partial charge in [-0.25, -0.2) is 0 Å². The van der Waals surface area contributed by atoms with Crippen molar-refractivity contribution in [3.63, 3.8) is 0 Å². The van der Waals surface area contributed by atoms with Crippen LogP contribution in [0, 0.1) is 6.07 Å². The largest absolute Gasteiger partial charge is 0.456 e. The summed E-state index contributed by atoms with van der Waals surface area (Å²) in [6.07, 6.45) is 1.81. The number of fused-ring (bicyclic) bond motifs is 3. The highest BCUT2D eigenvalue weighted by Gasteiger charge is 2.07. The molecule has 19 heavy (non-hydrogen) atoms. The molecule has 0 fully saturated rings. The number of rotatable bonds is 1. The van der Waals surface area contributed by atoms with E-state index in [9.17, 15) is 0 Å². The molecule has 0 saturated heterocycles. The summed E-state index contributed by atoms with van der Waals surface area (Å²) >= 11 is 0. The van der Waals surface area contributed by atoms with Crippen molar-refractivity contribution >= 4 is 21.9 Å².